The molecule has 4 heteroatoms. The second-order valence-corrected chi connectivity index (χ2v) is 5.54. The van der Waals surface area contributed by atoms with E-state index in [1.54, 1.807) is 0 Å². The predicted molar refractivity (Wildman–Crippen MR) is 62.6 cm³/mol. The molecule has 1 heterocycles. The maximum Gasteiger partial charge on any atom is 0.220 e. The first-order valence-corrected chi connectivity index (χ1v) is 6.84. The molecule has 3 fully saturated rings. The van der Waals surface area contributed by atoms with Gasteiger partial charge in [0.05, 0.1) is 25.4 Å². The van der Waals surface area contributed by atoms with Gasteiger partial charge in [0.1, 0.15) is 0 Å². The van der Waals surface area contributed by atoms with Gasteiger partial charge in [-0.2, -0.15) is 0 Å². The maximum atomic E-state index is 11.7. The van der Waals surface area contributed by atoms with Crippen molar-refractivity contribution in [1.29, 1.82) is 0 Å². The molecule has 1 saturated heterocycles. The monoisotopic (exact) mass is 239 g/mol. The molecule has 3 rings (SSSR count). The Morgan fingerprint density at radius 3 is 2.59 bits per heavy atom. The first-order valence-electron chi connectivity index (χ1n) is 6.84. The van der Waals surface area contributed by atoms with Gasteiger partial charge in [-0.15, -0.1) is 0 Å². The summed E-state index contributed by atoms with van der Waals surface area (Å²) in [6.07, 6.45) is 6.62. The van der Waals surface area contributed by atoms with E-state index in [4.69, 9.17) is 9.47 Å². The van der Waals surface area contributed by atoms with Crippen LogP contribution < -0.4 is 5.32 Å². The summed E-state index contributed by atoms with van der Waals surface area (Å²) in [5.41, 5.74) is 0. The van der Waals surface area contributed by atoms with E-state index in [-0.39, 0.29) is 18.1 Å². The van der Waals surface area contributed by atoms with Crippen LogP contribution in [0, 0.1) is 5.92 Å². The molecule has 0 radical (unpaired) electrons. The Kier molecular flexibility index (Phi) is 3.34. The Hall–Kier alpha value is -0.610. The zero-order valence-electron chi connectivity index (χ0n) is 10.2. The fourth-order valence-electron chi connectivity index (χ4n) is 2.87. The van der Waals surface area contributed by atoms with Crippen LogP contribution in [0.25, 0.3) is 0 Å². The van der Waals surface area contributed by atoms with Crippen molar-refractivity contribution in [3.8, 4) is 0 Å². The van der Waals surface area contributed by atoms with Crippen LogP contribution in [0.4, 0.5) is 0 Å². The smallest absolute Gasteiger partial charge is 0.220 e. The Labute approximate surface area is 102 Å². The third kappa shape index (κ3) is 2.99. The molecule has 96 valence electrons. The number of amides is 1. The van der Waals surface area contributed by atoms with Crippen LogP contribution in [0.3, 0.4) is 0 Å². The minimum Gasteiger partial charge on any atom is -0.373 e. The van der Waals surface area contributed by atoms with E-state index in [1.807, 2.05) is 0 Å². The van der Waals surface area contributed by atoms with E-state index in [2.05, 4.69) is 5.32 Å². The lowest BCUT2D eigenvalue weighted by Crippen LogP contribution is -2.49. The largest absolute Gasteiger partial charge is 0.373 e. The Morgan fingerprint density at radius 1 is 1.06 bits per heavy atom. The Balaban J connectivity index is 1.46. The highest BCUT2D eigenvalue weighted by Crippen LogP contribution is 2.32. The van der Waals surface area contributed by atoms with Crippen LogP contribution in [-0.2, 0) is 14.3 Å². The van der Waals surface area contributed by atoms with Crippen molar-refractivity contribution in [2.24, 2.45) is 5.92 Å². The first kappa shape index (κ1) is 11.5. The molecular formula is C13H21NO3. The molecule has 0 aromatic carbocycles. The van der Waals surface area contributed by atoms with Gasteiger partial charge in [0, 0.05) is 12.5 Å². The quantitative estimate of drug-likeness (QED) is 0.806. The Morgan fingerprint density at radius 2 is 1.82 bits per heavy atom. The summed E-state index contributed by atoms with van der Waals surface area (Å²) >= 11 is 0. The first-order chi connectivity index (χ1) is 8.31. The average molecular weight is 239 g/mol. The van der Waals surface area contributed by atoms with E-state index in [0.717, 1.165) is 32.3 Å². The molecule has 3 unspecified atom stereocenters. The number of hydrogen-bond donors (Lipinski definition) is 1. The number of carbonyl (C=O) groups is 1. The highest BCUT2D eigenvalue weighted by molar-refractivity contribution is 5.76. The maximum absolute atomic E-state index is 11.7. The molecule has 1 aliphatic heterocycles. The van der Waals surface area contributed by atoms with Gasteiger partial charge in [-0.1, -0.05) is 0 Å². The topological polar surface area (TPSA) is 47.6 Å². The molecule has 4 nitrogen and oxygen atoms in total. The molecule has 2 aliphatic carbocycles. The van der Waals surface area contributed by atoms with E-state index in [1.165, 1.54) is 12.8 Å². The van der Waals surface area contributed by atoms with Crippen molar-refractivity contribution in [2.75, 3.05) is 13.2 Å². The van der Waals surface area contributed by atoms with Crippen LogP contribution in [0.2, 0.25) is 0 Å². The minimum atomic E-state index is 0.198. The standard InChI is InChI=1S/C13H21NO3/c15-13(7-9-1-2-9)14-10-3-4-11-12(8-10)17-6-5-16-11/h9-12H,1-8H2,(H,14,15). The zero-order chi connectivity index (χ0) is 11.7. The van der Waals surface area contributed by atoms with Crippen LogP contribution in [0.1, 0.15) is 38.5 Å². The third-order valence-corrected chi connectivity index (χ3v) is 4.01. The molecule has 0 spiro atoms. The molecule has 0 aromatic heterocycles. The van der Waals surface area contributed by atoms with Crippen molar-refractivity contribution in [1.82, 2.24) is 5.32 Å². The SMILES string of the molecule is O=C(CC1CC1)NC1CCC2OCCOC2C1. The van der Waals surface area contributed by atoms with Gasteiger partial charge in [-0.3, -0.25) is 4.79 Å². The lowest BCUT2D eigenvalue weighted by molar-refractivity contribution is -0.158. The second-order valence-electron chi connectivity index (χ2n) is 5.54. The normalized spacial score (nSPS) is 37.3. The summed E-state index contributed by atoms with van der Waals surface area (Å²) < 4.78 is 11.4. The summed E-state index contributed by atoms with van der Waals surface area (Å²) in [4.78, 5) is 11.7. The van der Waals surface area contributed by atoms with Crippen LogP contribution in [0.15, 0.2) is 0 Å². The summed E-state index contributed by atoms with van der Waals surface area (Å²) in [5.74, 6) is 0.897. The fraction of sp³-hybridized carbons (Fsp3) is 0.923. The lowest BCUT2D eigenvalue weighted by Gasteiger charge is -2.39. The summed E-state index contributed by atoms with van der Waals surface area (Å²) in [5, 5.41) is 3.15. The van der Waals surface area contributed by atoms with Crippen LogP contribution >= 0.6 is 0 Å². The van der Waals surface area contributed by atoms with Crippen LogP contribution in [0.5, 0.6) is 0 Å². The van der Waals surface area contributed by atoms with Gasteiger partial charge in [-0.25, -0.2) is 0 Å². The fourth-order valence-corrected chi connectivity index (χ4v) is 2.87. The van der Waals surface area contributed by atoms with Gasteiger partial charge in [0.2, 0.25) is 5.91 Å². The highest BCUT2D eigenvalue weighted by Gasteiger charge is 2.35. The number of nitrogens with one attached hydrogen (secondary N) is 1. The molecule has 0 aromatic rings. The minimum absolute atomic E-state index is 0.198. The number of ether oxygens (including phenoxy) is 2. The van der Waals surface area contributed by atoms with Gasteiger partial charge in [-0.05, 0) is 38.0 Å². The van der Waals surface area contributed by atoms with Crippen molar-refractivity contribution >= 4 is 5.91 Å². The van der Waals surface area contributed by atoms with Crippen molar-refractivity contribution in [3.63, 3.8) is 0 Å². The van der Waals surface area contributed by atoms with Crippen molar-refractivity contribution in [3.05, 3.63) is 0 Å². The molecule has 1 amide bonds. The number of rotatable bonds is 3. The van der Waals surface area contributed by atoms with Crippen molar-refractivity contribution < 1.29 is 14.3 Å². The molecule has 0 bridgehead atoms. The molecule has 2 saturated carbocycles. The van der Waals surface area contributed by atoms with Gasteiger partial charge < -0.3 is 14.8 Å². The number of carbonyl (C=O) groups excluding carboxylic acids is 1. The number of fused-ring (bicyclic) bond motifs is 1. The second kappa shape index (κ2) is 4.94. The van der Waals surface area contributed by atoms with Crippen LogP contribution in [-0.4, -0.2) is 37.4 Å². The zero-order valence-corrected chi connectivity index (χ0v) is 10.2. The van der Waals surface area contributed by atoms with Gasteiger partial charge in [0.15, 0.2) is 0 Å². The molecule has 17 heavy (non-hydrogen) atoms. The third-order valence-electron chi connectivity index (χ3n) is 4.01. The number of hydrogen-bond acceptors (Lipinski definition) is 3. The van der Waals surface area contributed by atoms with E-state index in [9.17, 15) is 4.79 Å². The summed E-state index contributed by atoms with van der Waals surface area (Å²) in [7, 11) is 0. The predicted octanol–water partition coefficient (Wildman–Crippen LogP) is 1.24. The lowest BCUT2D eigenvalue weighted by atomic mass is 9.89. The van der Waals surface area contributed by atoms with Crippen molar-refractivity contribution in [2.45, 2.75) is 56.8 Å². The van der Waals surface area contributed by atoms with E-state index >= 15 is 0 Å². The summed E-state index contributed by atoms with van der Waals surface area (Å²) in [6, 6.07) is 0.296. The average Bonchev–Trinajstić information content (AvgIpc) is 3.12. The highest BCUT2D eigenvalue weighted by atomic mass is 16.6. The molecule has 3 aliphatic rings. The summed E-state index contributed by atoms with van der Waals surface area (Å²) in [6.45, 7) is 1.42. The van der Waals surface area contributed by atoms with E-state index in [0.29, 0.717) is 18.6 Å². The van der Waals surface area contributed by atoms with Gasteiger partial charge in [0.25, 0.3) is 0 Å². The van der Waals surface area contributed by atoms with E-state index < -0.39 is 0 Å². The molecule has 1 N–H and O–H groups in total. The van der Waals surface area contributed by atoms with Gasteiger partial charge >= 0.3 is 0 Å². The molecule has 3 atom stereocenters. The Bertz CT molecular complexity index is 290. The molecular weight excluding hydrogens is 218 g/mol.